The summed E-state index contributed by atoms with van der Waals surface area (Å²) in [6.07, 6.45) is 0. The number of nitrogens with zero attached hydrogens (tertiary/aromatic N) is 4. The number of hydrazine groups is 1. The van der Waals surface area contributed by atoms with Crippen LogP contribution in [0.4, 0.5) is 9.59 Å². The Hall–Kier alpha value is -4.03. The fourth-order valence-corrected chi connectivity index (χ4v) is 7.42. The molecule has 2 unspecified atom stereocenters. The van der Waals surface area contributed by atoms with E-state index in [0.29, 0.717) is 32.6 Å². The molecule has 2 saturated heterocycles. The SMILES string of the molecule is Cc1ccc(SCC2=C(C(=O)O)N3C(=O)[C@H](NC(=O)C(NC(=O)NN4CCNC4=O)c4cccs4)C3SC2)n[n+]1[O-]. The average molecular weight is 621 g/mol. The lowest BCUT2D eigenvalue weighted by Crippen LogP contribution is -2.71. The van der Waals surface area contributed by atoms with Crippen molar-refractivity contribution in [2.45, 2.75) is 29.4 Å². The highest BCUT2D eigenvalue weighted by Gasteiger charge is 2.54. The number of carboxylic acids is 1. The van der Waals surface area contributed by atoms with Crippen molar-refractivity contribution in [3.05, 3.63) is 56.7 Å². The summed E-state index contributed by atoms with van der Waals surface area (Å²) in [7, 11) is 0. The maximum atomic E-state index is 13.3. The predicted molar refractivity (Wildman–Crippen MR) is 147 cm³/mol. The predicted octanol–water partition coefficient (Wildman–Crippen LogP) is -0.104. The normalized spacial score (nSPS) is 20.6. The number of urea groups is 2. The van der Waals surface area contributed by atoms with Crippen LogP contribution in [0.5, 0.6) is 0 Å². The highest BCUT2D eigenvalue weighted by Crippen LogP contribution is 2.41. The largest absolute Gasteiger partial charge is 0.594 e. The first-order chi connectivity index (χ1) is 19.6. The van der Waals surface area contributed by atoms with Gasteiger partial charge in [-0.1, -0.05) is 22.7 Å². The summed E-state index contributed by atoms with van der Waals surface area (Å²) in [6.45, 7) is 2.24. The number of amides is 6. The Labute approximate surface area is 245 Å². The van der Waals surface area contributed by atoms with Crippen LogP contribution in [0.3, 0.4) is 0 Å². The number of aliphatic carboxylic acids is 1. The number of carbonyl (C=O) groups is 5. The smallest absolute Gasteiger partial charge is 0.352 e. The minimum Gasteiger partial charge on any atom is -0.594 e. The maximum Gasteiger partial charge on any atom is 0.352 e. The molecular weight excluding hydrogens is 597 g/mol. The maximum absolute atomic E-state index is 13.3. The van der Waals surface area contributed by atoms with Crippen LogP contribution in [-0.2, 0) is 14.4 Å². The lowest BCUT2D eigenvalue weighted by molar-refractivity contribution is -0.679. The lowest BCUT2D eigenvalue weighted by atomic mass is 10.0. The van der Waals surface area contributed by atoms with Crippen LogP contribution in [0.25, 0.3) is 0 Å². The number of nitrogens with one attached hydrogen (secondary N) is 4. The summed E-state index contributed by atoms with van der Waals surface area (Å²) in [5.41, 5.74) is 3.14. The number of carboxylic acid groups (broad SMARTS) is 1. The van der Waals surface area contributed by atoms with Crippen molar-refractivity contribution in [3.8, 4) is 0 Å². The molecule has 216 valence electrons. The third-order valence-electron chi connectivity index (χ3n) is 6.36. The zero-order chi connectivity index (χ0) is 29.3. The number of β-lactam (4-membered cyclic amide) rings is 1. The summed E-state index contributed by atoms with van der Waals surface area (Å²) < 4.78 is 0. The van der Waals surface area contributed by atoms with Gasteiger partial charge in [0, 0.05) is 41.0 Å². The molecule has 0 aromatic carbocycles. The van der Waals surface area contributed by atoms with Gasteiger partial charge in [0.15, 0.2) is 5.03 Å². The number of carbonyl (C=O) groups excluding carboxylic acids is 4. The van der Waals surface area contributed by atoms with Gasteiger partial charge in [-0.25, -0.2) is 24.8 Å². The van der Waals surface area contributed by atoms with Crippen LogP contribution in [0.15, 0.2) is 45.9 Å². The Morgan fingerprint density at radius 2 is 2.12 bits per heavy atom. The quantitative estimate of drug-likeness (QED) is 0.109. The molecule has 0 aliphatic carbocycles. The van der Waals surface area contributed by atoms with E-state index in [4.69, 9.17) is 0 Å². The first-order valence-electron chi connectivity index (χ1n) is 12.2. The zero-order valence-electron chi connectivity index (χ0n) is 21.4. The van der Waals surface area contributed by atoms with Gasteiger partial charge < -0.3 is 26.3 Å². The van der Waals surface area contributed by atoms with Crippen LogP contribution in [-0.4, -0.2) is 86.0 Å². The lowest BCUT2D eigenvalue weighted by Gasteiger charge is -2.49. The van der Waals surface area contributed by atoms with Crippen LogP contribution >= 0.6 is 34.9 Å². The molecule has 3 atom stereocenters. The topological polar surface area (TPSA) is 200 Å². The summed E-state index contributed by atoms with van der Waals surface area (Å²) in [5, 5.41) is 35.9. The van der Waals surface area contributed by atoms with Crippen molar-refractivity contribution in [3.63, 3.8) is 0 Å². The zero-order valence-corrected chi connectivity index (χ0v) is 23.8. The molecule has 3 aliphatic heterocycles. The van der Waals surface area contributed by atoms with Gasteiger partial charge in [0.25, 0.3) is 5.91 Å². The molecule has 2 fully saturated rings. The fourth-order valence-electron chi connectivity index (χ4n) is 4.31. The van der Waals surface area contributed by atoms with Gasteiger partial charge in [0.05, 0.1) is 6.54 Å². The van der Waals surface area contributed by atoms with Gasteiger partial charge in [0.2, 0.25) is 11.6 Å². The van der Waals surface area contributed by atoms with Crippen LogP contribution in [0, 0.1) is 12.1 Å². The Morgan fingerprint density at radius 3 is 2.78 bits per heavy atom. The Balaban J connectivity index is 1.26. The summed E-state index contributed by atoms with van der Waals surface area (Å²) in [5.74, 6) is -2.05. The van der Waals surface area contributed by atoms with Gasteiger partial charge >= 0.3 is 18.0 Å². The van der Waals surface area contributed by atoms with E-state index in [0.717, 1.165) is 9.91 Å². The number of hydrogen-bond donors (Lipinski definition) is 5. The molecule has 5 rings (SSSR count). The van der Waals surface area contributed by atoms with Gasteiger partial charge in [-0.15, -0.1) is 23.1 Å². The minimum atomic E-state index is -1.28. The molecule has 3 aliphatic rings. The highest BCUT2D eigenvalue weighted by molar-refractivity contribution is 8.01. The highest BCUT2D eigenvalue weighted by atomic mass is 32.2. The second kappa shape index (κ2) is 11.8. The molecule has 2 aromatic heterocycles. The number of hydrogen-bond acceptors (Lipinski definition) is 10. The third-order valence-corrected chi connectivity index (χ3v) is 9.64. The summed E-state index contributed by atoms with van der Waals surface area (Å²) >= 11 is 3.70. The number of thioether (sulfide) groups is 2. The molecule has 18 heteroatoms. The molecule has 15 nitrogen and oxygen atoms in total. The van der Waals surface area contributed by atoms with Crippen molar-refractivity contribution in [1.29, 1.82) is 0 Å². The van der Waals surface area contributed by atoms with E-state index in [9.17, 15) is 34.3 Å². The fraction of sp³-hybridized carbons (Fsp3) is 0.348. The monoisotopic (exact) mass is 620 g/mol. The summed E-state index contributed by atoms with van der Waals surface area (Å²) in [6, 6.07) is 3.19. The molecular formula is C23H24N8O7S3. The van der Waals surface area contributed by atoms with Gasteiger partial charge in [-0.2, -0.15) is 0 Å². The van der Waals surface area contributed by atoms with E-state index in [1.165, 1.54) is 34.9 Å². The van der Waals surface area contributed by atoms with Crippen molar-refractivity contribution in [1.82, 2.24) is 36.4 Å². The van der Waals surface area contributed by atoms with Crippen LogP contribution < -0.4 is 26.2 Å². The molecule has 5 N–H and O–H groups in total. The number of thiophene rings is 1. The van der Waals surface area contributed by atoms with E-state index in [-0.39, 0.29) is 23.7 Å². The summed E-state index contributed by atoms with van der Waals surface area (Å²) in [4.78, 5) is 65.1. The van der Waals surface area contributed by atoms with E-state index < -0.39 is 47.3 Å². The molecule has 2 aromatic rings. The molecule has 0 spiro atoms. The molecule has 0 radical (unpaired) electrons. The van der Waals surface area contributed by atoms with E-state index in [2.05, 4.69) is 26.5 Å². The molecule has 5 heterocycles. The van der Waals surface area contributed by atoms with Crippen LogP contribution in [0.1, 0.15) is 16.6 Å². The van der Waals surface area contributed by atoms with Gasteiger partial charge in [0.1, 0.15) is 23.2 Å². The number of rotatable bonds is 9. The Kier molecular flexibility index (Phi) is 8.22. The molecule has 6 amide bonds. The third kappa shape index (κ3) is 5.89. The van der Waals surface area contributed by atoms with Crippen molar-refractivity contribution in [2.75, 3.05) is 24.6 Å². The first kappa shape index (κ1) is 28.5. The Morgan fingerprint density at radius 1 is 1.32 bits per heavy atom. The molecule has 0 saturated carbocycles. The second-order valence-electron chi connectivity index (χ2n) is 9.05. The number of aryl methyl sites for hydroxylation is 1. The van der Waals surface area contributed by atoms with E-state index >= 15 is 0 Å². The minimum absolute atomic E-state index is 0.157. The Bertz CT molecular complexity index is 1440. The number of aromatic nitrogens is 2. The molecule has 41 heavy (non-hydrogen) atoms. The van der Waals surface area contributed by atoms with Gasteiger partial charge in [-0.05, 0) is 23.1 Å². The van der Waals surface area contributed by atoms with Crippen molar-refractivity contribution in [2.24, 2.45) is 0 Å². The second-order valence-corrected chi connectivity index (χ2v) is 12.1. The van der Waals surface area contributed by atoms with Crippen LogP contribution in [0.2, 0.25) is 0 Å². The number of fused-ring (bicyclic) bond motifs is 1. The first-order valence-corrected chi connectivity index (χ1v) is 15.1. The van der Waals surface area contributed by atoms with Crippen molar-refractivity contribution < 1.29 is 33.9 Å². The molecule has 0 bridgehead atoms. The average Bonchev–Trinajstić information content (AvgIpc) is 3.62. The standard InChI is InChI=1S/C23H24N8O7S3/c1-11-4-5-14(27-31(11)38)40-9-12-10-41-20-16(19(33)30(20)17(12)21(34)35)25-18(32)15(13-3-2-8-39-13)26-22(36)28-29-7-6-24-23(29)37/h2-5,8,15-16,20H,6-7,9-10H2,1H3,(H,24,37)(H,25,32)(H,34,35)(H2,26,28,36)/t15?,16-,20?/m0/s1. The van der Waals surface area contributed by atoms with E-state index in [1.807, 2.05) is 0 Å². The van der Waals surface area contributed by atoms with Crippen molar-refractivity contribution >= 4 is 64.7 Å². The van der Waals surface area contributed by atoms with E-state index in [1.54, 1.807) is 36.6 Å². The van der Waals surface area contributed by atoms with Gasteiger partial charge in [-0.3, -0.25) is 14.5 Å².